The lowest BCUT2D eigenvalue weighted by molar-refractivity contribution is 0.102. The van der Waals surface area contributed by atoms with Crippen LogP contribution in [0.3, 0.4) is 0 Å². The van der Waals surface area contributed by atoms with Gasteiger partial charge in [0.25, 0.3) is 5.91 Å². The fourth-order valence-electron chi connectivity index (χ4n) is 1.68. The summed E-state index contributed by atoms with van der Waals surface area (Å²) in [4.78, 5) is 16.2. The number of nitrogens with one attached hydrogen (secondary N) is 2. The first kappa shape index (κ1) is 15.5. The molecule has 110 valence electrons. The summed E-state index contributed by atoms with van der Waals surface area (Å²) in [6.45, 7) is 2.55. The Hall–Kier alpha value is -1.85. The third kappa shape index (κ3) is 3.62. The Labute approximate surface area is 131 Å². The van der Waals surface area contributed by atoms with E-state index in [9.17, 15) is 9.18 Å². The van der Waals surface area contributed by atoms with Crippen molar-refractivity contribution in [2.75, 3.05) is 17.2 Å². The van der Waals surface area contributed by atoms with Crippen LogP contribution in [-0.4, -0.2) is 17.4 Å². The number of halogens is 3. The van der Waals surface area contributed by atoms with E-state index in [0.717, 1.165) is 0 Å². The SMILES string of the molecule is CCNc1cc(C(=O)Nc2cccc(Cl)c2F)c(Cl)cn1. The molecule has 0 unspecified atom stereocenters. The van der Waals surface area contributed by atoms with Gasteiger partial charge < -0.3 is 10.6 Å². The van der Waals surface area contributed by atoms with E-state index in [1.54, 1.807) is 6.07 Å². The fourth-order valence-corrected chi connectivity index (χ4v) is 2.04. The zero-order valence-corrected chi connectivity index (χ0v) is 12.6. The Morgan fingerprint density at radius 3 is 2.81 bits per heavy atom. The van der Waals surface area contributed by atoms with E-state index in [1.165, 1.54) is 24.4 Å². The van der Waals surface area contributed by atoms with Crippen LogP contribution in [-0.2, 0) is 0 Å². The van der Waals surface area contributed by atoms with Crippen molar-refractivity contribution in [1.82, 2.24) is 4.98 Å². The molecular weight excluding hydrogens is 316 g/mol. The largest absolute Gasteiger partial charge is 0.370 e. The van der Waals surface area contributed by atoms with Crippen molar-refractivity contribution in [3.8, 4) is 0 Å². The number of hydrogen-bond acceptors (Lipinski definition) is 3. The molecule has 2 rings (SSSR count). The third-order valence-electron chi connectivity index (χ3n) is 2.66. The summed E-state index contributed by atoms with van der Waals surface area (Å²) in [5.74, 6) is -0.717. The first-order chi connectivity index (χ1) is 10.0. The molecule has 2 N–H and O–H groups in total. The molecule has 0 saturated heterocycles. The molecular formula is C14H12Cl2FN3O. The van der Waals surface area contributed by atoms with Crippen LogP contribution in [0.4, 0.5) is 15.9 Å². The average Bonchev–Trinajstić information content (AvgIpc) is 2.46. The normalized spacial score (nSPS) is 10.3. The van der Waals surface area contributed by atoms with Gasteiger partial charge in [0, 0.05) is 12.7 Å². The van der Waals surface area contributed by atoms with Crippen molar-refractivity contribution < 1.29 is 9.18 Å². The van der Waals surface area contributed by atoms with E-state index in [1.807, 2.05) is 6.92 Å². The Morgan fingerprint density at radius 2 is 2.10 bits per heavy atom. The molecule has 0 bridgehead atoms. The fraction of sp³-hybridized carbons (Fsp3) is 0.143. The van der Waals surface area contributed by atoms with Crippen molar-refractivity contribution in [3.63, 3.8) is 0 Å². The third-order valence-corrected chi connectivity index (χ3v) is 3.25. The van der Waals surface area contributed by atoms with Crippen LogP contribution in [0.25, 0.3) is 0 Å². The zero-order valence-electron chi connectivity index (χ0n) is 11.1. The summed E-state index contributed by atoms with van der Waals surface area (Å²) in [5, 5.41) is 5.52. The number of carbonyl (C=O) groups is 1. The van der Waals surface area contributed by atoms with E-state index in [4.69, 9.17) is 23.2 Å². The van der Waals surface area contributed by atoms with Gasteiger partial charge in [-0.25, -0.2) is 9.37 Å². The standard InChI is InChI=1S/C14H12Cl2FN3O/c1-2-18-12-6-8(10(16)7-19-12)14(21)20-11-5-3-4-9(15)13(11)17/h3-7H,2H2,1H3,(H,18,19)(H,20,21). The Bertz CT molecular complexity index is 679. The highest BCUT2D eigenvalue weighted by Gasteiger charge is 2.15. The number of aromatic nitrogens is 1. The molecule has 0 fully saturated rings. The van der Waals surface area contributed by atoms with E-state index in [0.29, 0.717) is 12.4 Å². The quantitative estimate of drug-likeness (QED) is 0.884. The van der Waals surface area contributed by atoms with Crippen LogP contribution in [0.15, 0.2) is 30.5 Å². The monoisotopic (exact) mass is 327 g/mol. The zero-order chi connectivity index (χ0) is 15.4. The summed E-state index contributed by atoms with van der Waals surface area (Å²) in [5.41, 5.74) is 0.187. The predicted octanol–water partition coefficient (Wildman–Crippen LogP) is 4.21. The van der Waals surface area contributed by atoms with Crippen LogP contribution < -0.4 is 10.6 Å². The Balaban J connectivity index is 2.28. The number of nitrogens with zero attached hydrogens (tertiary/aromatic N) is 1. The molecule has 0 atom stereocenters. The van der Waals surface area contributed by atoms with Crippen LogP contribution in [0.1, 0.15) is 17.3 Å². The van der Waals surface area contributed by atoms with Gasteiger partial charge in [0.2, 0.25) is 0 Å². The molecule has 21 heavy (non-hydrogen) atoms. The minimum absolute atomic E-state index is 0.00891. The van der Waals surface area contributed by atoms with Gasteiger partial charge in [0.1, 0.15) is 5.82 Å². The highest BCUT2D eigenvalue weighted by Crippen LogP contribution is 2.24. The topological polar surface area (TPSA) is 54.0 Å². The molecule has 0 aliphatic rings. The number of amides is 1. The van der Waals surface area contributed by atoms with Crippen molar-refractivity contribution >= 4 is 40.6 Å². The molecule has 7 heteroatoms. The highest BCUT2D eigenvalue weighted by atomic mass is 35.5. The lowest BCUT2D eigenvalue weighted by atomic mass is 10.2. The number of hydrogen-bond donors (Lipinski definition) is 2. The second-order valence-electron chi connectivity index (χ2n) is 4.14. The molecule has 0 saturated carbocycles. The summed E-state index contributed by atoms with van der Waals surface area (Å²) < 4.78 is 13.8. The molecule has 1 amide bonds. The van der Waals surface area contributed by atoms with E-state index in [-0.39, 0.29) is 21.3 Å². The number of anilines is 2. The maximum atomic E-state index is 13.8. The first-order valence-corrected chi connectivity index (χ1v) is 6.93. The van der Waals surface area contributed by atoms with Crippen LogP contribution in [0, 0.1) is 5.82 Å². The smallest absolute Gasteiger partial charge is 0.257 e. The predicted molar refractivity (Wildman–Crippen MR) is 82.8 cm³/mol. The molecule has 1 aromatic heterocycles. The summed E-state index contributed by atoms with van der Waals surface area (Å²) in [6, 6.07) is 5.86. The first-order valence-electron chi connectivity index (χ1n) is 6.17. The highest BCUT2D eigenvalue weighted by molar-refractivity contribution is 6.34. The van der Waals surface area contributed by atoms with Gasteiger partial charge in [-0.15, -0.1) is 0 Å². The maximum Gasteiger partial charge on any atom is 0.257 e. The van der Waals surface area contributed by atoms with Gasteiger partial charge >= 0.3 is 0 Å². The van der Waals surface area contributed by atoms with Gasteiger partial charge in [-0.1, -0.05) is 29.3 Å². The molecule has 0 spiro atoms. The van der Waals surface area contributed by atoms with Crippen molar-refractivity contribution in [2.24, 2.45) is 0 Å². The number of benzene rings is 1. The number of pyridine rings is 1. The van der Waals surface area contributed by atoms with Crippen LogP contribution in [0.5, 0.6) is 0 Å². The number of carbonyl (C=O) groups excluding carboxylic acids is 1. The minimum Gasteiger partial charge on any atom is -0.370 e. The van der Waals surface area contributed by atoms with E-state index < -0.39 is 11.7 Å². The van der Waals surface area contributed by atoms with Crippen LogP contribution >= 0.6 is 23.2 Å². The molecule has 4 nitrogen and oxygen atoms in total. The summed E-state index contributed by atoms with van der Waals surface area (Å²) in [6.07, 6.45) is 1.36. The summed E-state index contributed by atoms with van der Waals surface area (Å²) >= 11 is 11.6. The minimum atomic E-state index is -0.690. The van der Waals surface area contributed by atoms with E-state index >= 15 is 0 Å². The molecule has 0 aliphatic carbocycles. The summed E-state index contributed by atoms with van der Waals surface area (Å²) in [7, 11) is 0. The molecule has 0 radical (unpaired) electrons. The average molecular weight is 328 g/mol. The van der Waals surface area contributed by atoms with Gasteiger partial charge in [-0.3, -0.25) is 4.79 Å². The van der Waals surface area contributed by atoms with Crippen molar-refractivity contribution in [1.29, 1.82) is 0 Å². The Morgan fingerprint density at radius 1 is 1.33 bits per heavy atom. The lowest BCUT2D eigenvalue weighted by Crippen LogP contribution is -2.14. The number of rotatable bonds is 4. The lowest BCUT2D eigenvalue weighted by Gasteiger charge is -2.10. The second-order valence-corrected chi connectivity index (χ2v) is 4.95. The molecule has 2 aromatic rings. The van der Waals surface area contributed by atoms with Crippen LogP contribution in [0.2, 0.25) is 10.0 Å². The Kier molecular flexibility index (Phi) is 4.98. The van der Waals surface area contributed by atoms with Gasteiger partial charge in [-0.05, 0) is 25.1 Å². The molecule has 1 heterocycles. The van der Waals surface area contributed by atoms with Gasteiger partial charge in [0.05, 0.1) is 21.3 Å². The van der Waals surface area contributed by atoms with Crippen molar-refractivity contribution in [3.05, 3.63) is 51.9 Å². The second kappa shape index (κ2) is 6.74. The van der Waals surface area contributed by atoms with Gasteiger partial charge in [0.15, 0.2) is 5.82 Å². The maximum absolute atomic E-state index is 13.8. The van der Waals surface area contributed by atoms with Crippen molar-refractivity contribution in [2.45, 2.75) is 6.92 Å². The van der Waals surface area contributed by atoms with Gasteiger partial charge in [-0.2, -0.15) is 0 Å². The molecule has 1 aromatic carbocycles. The van der Waals surface area contributed by atoms with E-state index in [2.05, 4.69) is 15.6 Å². The molecule has 0 aliphatic heterocycles.